The fraction of sp³-hybridized carbons (Fsp3) is 0.312. The number of nitrogens with zero attached hydrogens (tertiary/aromatic N) is 2. The van der Waals surface area contributed by atoms with Crippen molar-refractivity contribution in [2.24, 2.45) is 11.7 Å². The van der Waals surface area contributed by atoms with E-state index in [-0.39, 0.29) is 17.8 Å². The SMILES string of the molecule is CC(CN(C)c1ccccc1)C(N)c1ccc(F)cn1. The van der Waals surface area contributed by atoms with Crippen LogP contribution in [0.5, 0.6) is 0 Å². The van der Waals surface area contributed by atoms with Gasteiger partial charge in [-0.2, -0.15) is 0 Å². The summed E-state index contributed by atoms with van der Waals surface area (Å²) < 4.78 is 12.9. The minimum Gasteiger partial charge on any atom is -0.374 e. The van der Waals surface area contributed by atoms with E-state index in [1.54, 1.807) is 6.07 Å². The molecule has 2 rings (SSSR count). The van der Waals surface area contributed by atoms with Gasteiger partial charge < -0.3 is 10.6 Å². The molecule has 0 fully saturated rings. The third-order valence-corrected chi connectivity index (χ3v) is 3.46. The summed E-state index contributed by atoms with van der Waals surface area (Å²) in [5.41, 5.74) is 8.08. The number of nitrogens with two attached hydrogens (primary N) is 1. The first-order chi connectivity index (χ1) is 9.58. The largest absolute Gasteiger partial charge is 0.374 e. The van der Waals surface area contributed by atoms with Crippen LogP contribution in [0, 0.1) is 11.7 Å². The van der Waals surface area contributed by atoms with E-state index in [9.17, 15) is 4.39 Å². The zero-order chi connectivity index (χ0) is 14.5. The zero-order valence-corrected chi connectivity index (χ0v) is 11.8. The van der Waals surface area contributed by atoms with E-state index in [0.29, 0.717) is 0 Å². The first kappa shape index (κ1) is 14.5. The molecule has 2 aromatic rings. The van der Waals surface area contributed by atoms with Crippen LogP contribution in [0.3, 0.4) is 0 Å². The number of hydrogen-bond acceptors (Lipinski definition) is 3. The van der Waals surface area contributed by atoms with E-state index in [1.807, 2.05) is 25.2 Å². The highest BCUT2D eigenvalue weighted by Gasteiger charge is 2.18. The average Bonchev–Trinajstić information content (AvgIpc) is 2.48. The van der Waals surface area contributed by atoms with Crippen LogP contribution in [0.2, 0.25) is 0 Å². The molecule has 0 saturated carbocycles. The molecule has 0 saturated heterocycles. The van der Waals surface area contributed by atoms with Crippen LogP contribution < -0.4 is 10.6 Å². The minimum atomic E-state index is -0.338. The van der Waals surface area contributed by atoms with Crippen molar-refractivity contribution in [1.29, 1.82) is 0 Å². The molecule has 0 aliphatic carbocycles. The van der Waals surface area contributed by atoms with Crippen LogP contribution >= 0.6 is 0 Å². The van der Waals surface area contributed by atoms with Crippen LogP contribution in [0.1, 0.15) is 18.7 Å². The number of pyridine rings is 1. The van der Waals surface area contributed by atoms with Crippen molar-refractivity contribution >= 4 is 5.69 Å². The molecule has 106 valence electrons. The maximum absolute atomic E-state index is 12.9. The Morgan fingerprint density at radius 2 is 1.90 bits per heavy atom. The first-order valence-corrected chi connectivity index (χ1v) is 6.71. The Morgan fingerprint density at radius 1 is 1.20 bits per heavy atom. The smallest absolute Gasteiger partial charge is 0.141 e. The molecule has 1 aromatic heterocycles. The highest BCUT2D eigenvalue weighted by molar-refractivity contribution is 5.45. The standard InChI is InChI=1S/C16H20FN3/c1-12(11-20(2)14-6-4-3-5-7-14)16(18)15-9-8-13(17)10-19-15/h3-10,12,16H,11,18H2,1-2H3. The molecule has 2 unspecified atom stereocenters. The zero-order valence-electron chi connectivity index (χ0n) is 11.8. The summed E-state index contributed by atoms with van der Waals surface area (Å²) in [5, 5.41) is 0. The van der Waals surface area contributed by atoms with Crippen LogP contribution in [-0.2, 0) is 0 Å². The van der Waals surface area contributed by atoms with Crippen LogP contribution in [0.15, 0.2) is 48.7 Å². The average molecular weight is 273 g/mol. The molecular weight excluding hydrogens is 253 g/mol. The van der Waals surface area contributed by atoms with Crippen molar-refractivity contribution in [1.82, 2.24) is 4.98 Å². The maximum Gasteiger partial charge on any atom is 0.141 e. The van der Waals surface area contributed by atoms with E-state index in [2.05, 4.69) is 28.9 Å². The van der Waals surface area contributed by atoms with Crippen molar-refractivity contribution < 1.29 is 4.39 Å². The molecule has 1 heterocycles. The maximum atomic E-state index is 12.9. The fourth-order valence-electron chi connectivity index (χ4n) is 2.21. The van der Waals surface area contributed by atoms with Gasteiger partial charge in [0.1, 0.15) is 5.82 Å². The van der Waals surface area contributed by atoms with E-state index >= 15 is 0 Å². The molecule has 2 N–H and O–H groups in total. The highest BCUT2D eigenvalue weighted by atomic mass is 19.1. The van der Waals surface area contributed by atoms with Crippen molar-refractivity contribution in [3.63, 3.8) is 0 Å². The van der Waals surface area contributed by atoms with E-state index in [4.69, 9.17) is 5.73 Å². The van der Waals surface area contributed by atoms with Gasteiger partial charge in [0.15, 0.2) is 0 Å². The van der Waals surface area contributed by atoms with Gasteiger partial charge in [0.05, 0.1) is 17.9 Å². The van der Waals surface area contributed by atoms with Gasteiger partial charge in [-0.1, -0.05) is 25.1 Å². The molecule has 0 spiro atoms. The Hall–Kier alpha value is -1.94. The van der Waals surface area contributed by atoms with Gasteiger partial charge in [-0.15, -0.1) is 0 Å². The van der Waals surface area contributed by atoms with Gasteiger partial charge in [0.25, 0.3) is 0 Å². The number of benzene rings is 1. The van der Waals surface area contributed by atoms with Gasteiger partial charge in [-0.25, -0.2) is 4.39 Å². The molecular formula is C16H20FN3. The predicted molar refractivity (Wildman–Crippen MR) is 80.0 cm³/mol. The predicted octanol–water partition coefficient (Wildman–Crippen LogP) is 2.99. The summed E-state index contributed by atoms with van der Waals surface area (Å²) in [6, 6.07) is 13.0. The molecule has 0 bridgehead atoms. The highest BCUT2D eigenvalue weighted by Crippen LogP contribution is 2.21. The second kappa shape index (κ2) is 6.48. The first-order valence-electron chi connectivity index (χ1n) is 6.71. The van der Waals surface area contributed by atoms with Crippen molar-refractivity contribution in [2.75, 3.05) is 18.5 Å². The summed E-state index contributed by atoms with van der Waals surface area (Å²) in [4.78, 5) is 6.22. The minimum absolute atomic E-state index is 0.207. The van der Waals surface area contributed by atoms with Gasteiger partial charge >= 0.3 is 0 Å². The lowest BCUT2D eigenvalue weighted by molar-refractivity contribution is 0.462. The van der Waals surface area contributed by atoms with Gasteiger partial charge in [-0.05, 0) is 30.2 Å². The van der Waals surface area contributed by atoms with Crippen LogP contribution in [0.4, 0.5) is 10.1 Å². The number of hydrogen-bond donors (Lipinski definition) is 1. The van der Waals surface area contributed by atoms with Crippen molar-refractivity contribution in [3.8, 4) is 0 Å². The van der Waals surface area contributed by atoms with Gasteiger partial charge in [-0.3, -0.25) is 4.98 Å². The Morgan fingerprint density at radius 3 is 2.50 bits per heavy atom. The number of aromatic nitrogens is 1. The molecule has 3 nitrogen and oxygen atoms in total. The Balaban J connectivity index is 2.00. The van der Waals surface area contributed by atoms with Crippen molar-refractivity contribution in [2.45, 2.75) is 13.0 Å². The second-order valence-electron chi connectivity index (χ2n) is 5.12. The molecule has 0 aliphatic heterocycles. The summed E-state index contributed by atoms with van der Waals surface area (Å²) >= 11 is 0. The topological polar surface area (TPSA) is 42.1 Å². The third-order valence-electron chi connectivity index (χ3n) is 3.46. The van der Waals surface area contributed by atoms with Gasteiger partial charge in [0.2, 0.25) is 0 Å². The second-order valence-corrected chi connectivity index (χ2v) is 5.12. The Bertz CT molecular complexity index is 527. The molecule has 4 heteroatoms. The lowest BCUT2D eigenvalue weighted by Gasteiger charge is -2.27. The number of anilines is 1. The normalized spacial score (nSPS) is 13.8. The molecule has 0 radical (unpaired) electrons. The lowest BCUT2D eigenvalue weighted by atomic mass is 9.98. The van der Waals surface area contributed by atoms with Gasteiger partial charge in [0, 0.05) is 19.3 Å². The fourth-order valence-corrected chi connectivity index (χ4v) is 2.21. The quantitative estimate of drug-likeness (QED) is 0.910. The van der Waals surface area contributed by atoms with E-state index < -0.39 is 0 Å². The lowest BCUT2D eigenvalue weighted by Crippen LogP contribution is -2.31. The molecule has 0 amide bonds. The molecule has 0 aliphatic rings. The Labute approximate surface area is 119 Å². The summed E-state index contributed by atoms with van der Waals surface area (Å²) in [6.45, 7) is 2.89. The summed E-state index contributed by atoms with van der Waals surface area (Å²) in [5.74, 6) is -0.131. The molecule has 1 aromatic carbocycles. The van der Waals surface area contributed by atoms with Crippen LogP contribution in [0.25, 0.3) is 0 Å². The van der Waals surface area contributed by atoms with Crippen LogP contribution in [-0.4, -0.2) is 18.6 Å². The third kappa shape index (κ3) is 3.54. The Kier molecular flexibility index (Phi) is 4.69. The summed E-state index contributed by atoms with van der Waals surface area (Å²) in [6.07, 6.45) is 1.21. The van der Waals surface area contributed by atoms with E-state index in [1.165, 1.54) is 12.3 Å². The number of halogens is 1. The van der Waals surface area contributed by atoms with Crippen molar-refractivity contribution in [3.05, 3.63) is 60.2 Å². The molecule has 20 heavy (non-hydrogen) atoms. The monoisotopic (exact) mass is 273 g/mol. The number of rotatable bonds is 5. The number of para-hydroxylation sites is 1. The molecule has 2 atom stereocenters. The summed E-state index contributed by atoms with van der Waals surface area (Å²) in [7, 11) is 2.04. The van der Waals surface area contributed by atoms with E-state index in [0.717, 1.165) is 17.9 Å².